The molecule has 0 aliphatic heterocycles. The SMILES string of the molecule is CCC(CC)C(O)CC(C)COC. The molecule has 0 fully saturated rings. The van der Waals surface area contributed by atoms with Crippen molar-refractivity contribution in [2.75, 3.05) is 13.7 Å². The first kappa shape index (κ1) is 12.9. The molecule has 0 amide bonds. The summed E-state index contributed by atoms with van der Waals surface area (Å²) in [6.07, 6.45) is 2.84. The van der Waals surface area contributed by atoms with Crippen LogP contribution in [0, 0.1) is 11.8 Å². The van der Waals surface area contributed by atoms with Crippen LogP contribution in [0.2, 0.25) is 0 Å². The lowest BCUT2D eigenvalue weighted by molar-refractivity contribution is 0.0593. The van der Waals surface area contributed by atoms with Gasteiger partial charge in [0.25, 0.3) is 0 Å². The summed E-state index contributed by atoms with van der Waals surface area (Å²) in [5.74, 6) is 0.917. The number of aliphatic hydroxyl groups excluding tert-OH is 1. The summed E-state index contributed by atoms with van der Waals surface area (Å²) in [6.45, 7) is 7.14. The summed E-state index contributed by atoms with van der Waals surface area (Å²) in [4.78, 5) is 0. The van der Waals surface area contributed by atoms with Gasteiger partial charge in [-0.3, -0.25) is 0 Å². The van der Waals surface area contributed by atoms with Crippen LogP contribution >= 0.6 is 0 Å². The lowest BCUT2D eigenvalue weighted by atomic mass is 9.90. The smallest absolute Gasteiger partial charge is 0.0571 e. The van der Waals surface area contributed by atoms with Crippen molar-refractivity contribution in [1.29, 1.82) is 0 Å². The fourth-order valence-electron chi connectivity index (χ4n) is 1.79. The van der Waals surface area contributed by atoms with Crippen LogP contribution in [-0.4, -0.2) is 24.9 Å². The Morgan fingerprint density at radius 2 is 1.77 bits per heavy atom. The number of aliphatic hydroxyl groups is 1. The highest BCUT2D eigenvalue weighted by atomic mass is 16.5. The van der Waals surface area contributed by atoms with Gasteiger partial charge in [-0.25, -0.2) is 0 Å². The van der Waals surface area contributed by atoms with Crippen LogP contribution in [-0.2, 0) is 4.74 Å². The van der Waals surface area contributed by atoms with Gasteiger partial charge in [0.1, 0.15) is 0 Å². The van der Waals surface area contributed by atoms with Gasteiger partial charge >= 0.3 is 0 Å². The molecule has 0 heterocycles. The van der Waals surface area contributed by atoms with Crippen LogP contribution in [0.15, 0.2) is 0 Å². The molecule has 0 aliphatic rings. The first-order chi connectivity index (χ1) is 6.15. The van der Waals surface area contributed by atoms with Crippen molar-refractivity contribution >= 4 is 0 Å². The van der Waals surface area contributed by atoms with Crippen molar-refractivity contribution in [1.82, 2.24) is 0 Å². The van der Waals surface area contributed by atoms with E-state index in [4.69, 9.17) is 4.74 Å². The summed E-state index contributed by atoms with van der Waals surface area (Å²) in [6, 6.07) is 0. The number of hydrogen-bond acceptors (Lipinski definition) is 2. The molecule has 0 aliphatic carbocycles. The highest BCUT2D eigenvalue weighted by Crippen LogP contribution is 2.19. The highest BCUT2D eigenvalue weighted by molar-refractivity contribution is 4.68. The maximum absolute atomic E-state index is 9.85. The molecule has 0 radical (unpaired) electrons. The standard InChI is InChI=1S/C11H24O2/c1-5-10(6-2)11(12)7-9(3)8-13-4/h9-12H,5-8H2,1-4H3. The summed E-state index contributed by atoms with van der Waals surface area (Å²) in [7, 11) is 1.71. The Balaban J connectivity index is 3.75. The molecule has 13 heavy (non-hydrogen) atoms. The minimum Gasteiger partial charge on any atom is -0.393 e. The molecule has 80 valence electrons. The first-order valence-electron chi connectivity index (χ1n) is 5.32. The Morgan fingerprint density at radius 3 is 2.15 bits per heavy atom. The number of hydrogen-bond donors (Lipinski definition) is 1. The molecular weight excluding hydrogens is 164 g/mol. The summed E-state index contributed by atoms with van der Waals surface area (Å²) in [5.41, 5.74) is 0. The van der Waals surface area contributed by atoms with Crippen molar-refractivity contribution in [2.24, 2.45) is 11.8 Å². The van der Waals surface area contributed by atoms with E-state index in [1.165, 1.54) is 0 Å². The predicted octanol–water partition coefficient (Wildman–Crippen LogP) is 2.46. The number of rotatable bonds is 7. The van der Waals surface area contributed by atoms with Gasteiger partial charge in [-0.15, -0.1) is 0 Å². The third-order valence-electron chi connectivity index (χ3n) is 2.69. The Kier molecular flexibility index (Phi) is 7.29. The molecule has 0 rings (SSSR count). The second kappa shape index (κ2) is 7.34. The van der Waals surface area contributed by atoms with Gasteiger partial charge < -0.3 is 9.84 Å². The van der Waals surface area contributed by atoms with E-state index < -0.39 is 0 Å². The van der Waals surface area contributed by atoms with Crippen LogP contribution < -0.4 is 0 Å². The van der Waals surface area contributed by atoms with E-state index in [9.17, 15) is 5.11 Å². The molecule has 2 nitrogen and oxygen atoms in total. The molecule has 0 aromatic rings. The zero-order chi connectivity index (χ0) is 10.3. The molecule has 2 atom stereocenters. The normalized spacial score (nSPS) is 16.2. The van der Waals surface area contributed by atoms with Gasteiger partial charge in [-0.05, 0) is 18.3 Å². The molecule has 1 N–H and O–H groups in total. The van der Waals surface area contributed by atoms with Crippen LogP contribution in [0.25, 0.3) is 0 Å². The van der Waals surface area contributed by atoms with Crippen molar-refractivity contribution < 1.29 is 9.84 Å². The summed E-state index contributed by atoms with van der Waals surface area (Å²) in [5, 5.41) is 9.85. The Hall–Kier alpha value is -0.0800. The second-order valence-corrected chi connectivity index (χ2v) is 3.94. The molecule has 2 heteroatoms. The van der Waals surface area contributed by atoms with Crippen molar-refractivity contribution in [3.8, 4) is 0 Å². The quantitative estimate of drug-likeness (QED) is 0.665. The third-order valence-corrected chi connectivity index (χ3v) is 2.69. The van der Waals surface area contributed by atoms with Gasteiger partial charge in [0.2, 0.25) is 0 Å². The Labute approximate surface area is 82.3 Å². The van der Waals surface area contributed by atoms with Gasteiger partial charge in [0.15, 0.2) is 0 Å². The lowest BCUT2D eigenvalue weighted by Crippen LogP contribution is -2.23. The molecular formula is C11H24O2. The van der Waals surface area contributed by atoms with E-state index in [1.54, 1.807) is 7.11 Å². The summed E-state index contributed by atoms with van der Waals surface area (Å²) >= 11 is 0. The fraction of sp³-hybridized carbons (Fsp3) is 1.00. The fourth-order valence-corrected chi connectivity index (χ4v) is 1.79. The zero-order valence-corrected chi connectivity index (χ0v) is 9.42. The Bertz CT molecular complexity index is 111. The van der Waals surface area contributed by atoms with Gasteiger partial charge in [0.05, 0.1) is 6.10 Å². The largest absolute Gasteiger partial charge is 0.393 e. The highest BCUT2D eigenvalue weighted by Gasteiger charge is 2.17. The van der Waals surface area contributed by atoms with Crippen molar-refractivity contribution in [2.45, 2.75) is 46.1 Å². The predicted molar refractivity (Wildman–Crippen MR) is 55.7 cm³/mol. The van der Waals surface area contributed by atoms with E-state index in [0.717, 1.165) is 25.9 Å². The molecule has 0 aromatic heterocycles. The van der Waals surface area contributed by atoms with Gasteiger partial charge in [0, 0.05) is 13.7 Å². The maximum Gasteiger partial charge on any atom is 0.0571 e. The lowest BCUT2D eigenvalue weighted by Gasteiger charge is -2.22. The monoisotopic (exact) mass is 188 g/mol. The average Bonchev–Trinajstić information content (AvgIpc) is 2.06. The van der Waals surface area contributed by atoms with Crippen molar-refractivity contribution in [3.63, 3.8) is 0 Å². The van der Waals surface area contributed by atoms with Crippen LogP contribution in [0.3, 0.4) is 0 Å². The number of ether oxygens (including phenoxy) is 1. The Morgan fingerprint density at radius 1 is 1.23 bits per heavy atom. The van der Waals surface area contributed by atoms with Crippen LogP contribution in [0.5, 0.6) is 0 Å². The second-order valence-electron chi connectivity index (χ2n) is 3.94. The molecule has 0 saturated carbocycles. The maximum atomic E-state index is 9.85. The average molecular weight is 188 g/mol. The molecule has 0 bridgehead atoms. The van der Waals surface area contributed by atoms with E-state index >= 15 is 0 Å². The topological polar surface area (TPSA) is 29.5 Å². The van der Waals surface area contributed by atoms with E-state index in [0.29, 0.717) is 11.8 Å². The van der Waals surface area contributed by atoms with Crippen molar-refractivity contribution in [3.05, 3.63) is 0 Å². The molecule has 0 saturated heterocycles. The third kappa shape index (κ3) is 5.27. The molecule has 0 spiro atoms. The van der Waals surface area contributed by atoms with E-state index in [2.05, 4.69) is 20.8 Å². The summed E-state index contributed by atoms with van der Waals surface area (Å²) < 4.78 is 5.04. The van der Waals surface area contributed by atoms with E-state index in [-0.39, 0.29) is 6.10 Å². The first-order valence-corrected chi connectivity index (χ1v) is 5.32. The molecule has 0 aromatic carbocycles. The minimum atomic E-state index is -0.153. The number of methoxy groups -OCH3 is 1. The zero-order valence-electron chi connectivity index (χ0n) is 9.42. The van der Waals surface area contributed by atoms with Crippen LogP contribution in [0.4, 0.5) is 0 Å². The molecule has 2 unspecified atom stereocenters. The van der Waals surface area contributed by atoms with Crippen LogP contribution in [0.1, 0.15) is 40.0 Å². The minimum absolute atomic E-state index is 0.153. The van der Waals surface area contributed by atoms with Gasteiger partial charge in [-0.2, -0.15) is 0 Å². The van der Waals surface area contributed by atoms with E-state index in [1.807, 2.05) is 0 Å². The van der Waals surface area contributed by atoms with Gasteiger partial charge in [-0.1, -0.05) is 33.6 Å².